The predicted molar refractivity (Wildman–Crippen MR) is 98.9 cm³/mol. The van der Waals surface area contributed by atoms with Gasteiger partial charge in [0.2, 0.25) is 17.6 Å². The number of nitrogens with zero attached hydrogens (tertiary/aromatic N) is 2. The van der Waals surface area contributed by atoms with Gasteiger partial charge in [-0.2, -0.15) is 4.98 Å². The summed E-state index contributed by atoms with van der Waals surface area (Å²) in [6.07, 6.45) is -0.871. The first-order valence-corrected chi connectivity index (χ1v) is 8.83. The summed E-state index contributed by atoms with van der Waals surface area (Å²) in [6.45, 7) is -0.134. The number of hydrogen-bond acceptors (Lipinski definition) is 6. The van der Waals surface area contributed by atoms with Gasteiger partial charge in [0.1, 0.15) is 5.75 Å². The van der Waals surface area contributed by atoms with Crippen LogP contribution in [0.4, 0.5) is 8.78 Å². The molecule has 9 heteroatoms. The third-order valence-electron chi connectivity index (χ3n) is 4.20. The number of rotatable bonds is 8. The molecule has 2 N–H and O–H groups in total. The highest BCUT2D eigenvalue weighted by Gasteiger charge is 2.14. The molecule has 1 amide bonds. The number of halogens is 2. The number of aromatic nitrogens is 2. The largest absolute Gasteiger partial charge is 0.497 e. The number of aliphatic hydroxyl groups is 1. The van der Waals surface area contributed by atoms with Gasteiger partial charge >= 0.3 is 0 Å². The van der Waals surface area contributed by atoms with Gasteiger partial charge in [-0.1, -0.05) is 11.2 Å². The molecule has 2 aromatic carbocycles. The van der Waals surface area contributed by atoms with Crippen molar-refractivity contribution in [3.8, 4) is 17.1 Å². The smallest absolute Gasteiger partial charge is 0.227 e. The van der Waals surface area contributed by atoms with E-state index in [-0.39, 0.29) is 30.9 Å². The second-order valence-corrected chi connectivity index (χ2v) is 6.23. The van der Waals surface area contributed by atoms with E-state index >= 15 is 0 Å². The number of hydrogen-bond donors (Lipinski definition) is 2. The first-order chi connectivity index (χ1) is 14.0. The Hall–Kier alpha value is -3.33. The van der Waals surface area contributed by atoms with Crippen LogP contribution in [0.2, 0.25) is 0 Å². The van der Waals surface area contributed by atoms with Gasteiger partial charge in [0.25, 0.3) is 0 Å². The molecule has 0 radical (unpaired) electrons. The van der Waals surface area contributed by atoms with E-state index in [1.165, 1.54) is 6.07 Å². The van der Waals surface area contributed by atoms with Crippen LogP contribution in [-0.4, -0.2) is 34.8 Å². The Morgan fingerprint density at radius 2 is 1.97 bits per heavy atom. The molecule has 0 aliphatic rings. The fourth-order valence-corrected chi connectivity index (χ4v) is 2.57. The van der Waals surface area contributed by atoms with Gasteiger partial charge in [0, 0.05) is 24.9 Å². The Morgan fingerprint density at radius 3 is 2.66 bits per heavy atom. The van der Waals surface area contributed by atoms with Gasteiger partial charge < -0.3 is 19.7 Å². The third kappa shape index (κ3) is 5.35. The van der Waals surface area contributed by atoms with Gasteiger partial charge in [-0.3, -0.25) is 4.79 Å². The molecule has 3 aromatic rings. The quantitative estimate of drug-likeness (QED) is 0.600. The van der Waals surface area contributed by atoms with Crippen LogP contribution in [0.5, 0.6) is 5.75 Å². The zero-order chi connectivity index (χ0) is 20.8. The molecule has 1 unspecified atom stereocenters. The number of carbonyl (C=O) groups is 1. The normalized spacial score (nSPS) is 11.9. The van der Waals surface area contributed by atoms with Gasteiger partial charge in [-0.15, -0.1) is 0 Å². The lowest BCUT2D eigenvalue weighted by Gasteiger charge is -2.12. The minimum atomic E-state index is -1.15. The highest BCUT2D eigenvalue weighted by atomic mass is 19.2. The van der Waals surface area contributed by atoms with Crippen molar-refractivity contribution in [2.45, 2.75) is 18.9 Å². The summed E-state index contributed by atoms with van der Waals surface area (Å²) in [5, 5.41) is 16.4. The number of aliphatic hydroxyl groups excluding tert-OH is 1. The molecule has 0 saturated heterocycles. The first kappa shape index (κ1) is 20.4. The zero-order valence-corrected chi connectivity index (χ0v) is 15.6. The van der Waals surface area contributed by atoms with Crippen LogP contribution >= 0.6 is 0 Å². The van der Waals surface area contributed by atoms with E-state index in [4.69, 9.17) is 9.26 Å². The van der Waals surface area contributed by atoms with Crippen molar-refractivity contribution in [3.63, 3.8) is 0 Å². The van der Waals surface area contributed by atoms with E-state index in [0.29, 0.717) is 17.5 Å². The lowest BCUT2D eigenvalue weighted by atomic mass is 10.1. The van der Waals surface area contributed by atoms with Crippen LogP contribution in [0.15, 0.2) is 47.0 Å². The summed E-state index contributed by atoms with van der Waals surface area (Å²) in [5.41, 5.74) is 0.921. The molecule has 0 spiro atoms. The topological polar surface area (TPSA) is 97.5 Å². The molecule has 3 rings (SSSR count). The highest BCUT2D eigenvalue weighted by Crippen LogP contribution is 2.20. The van der Waals surface area contributed by atoms with Crippen molar-refractivity contribution in [3.05, 3.63) is 65.6 Å². The molecular formula is C20H19F2N3O4. The van der Waals surface area contributed by atoms with Crippen molar-refractivity contribution in [1.29, 1.82) is 0 Å². The molecule has 1 aromatic heterocycles. The molecule has 0 saturated carbocycles. The van der Waals surface area contributed by atoms with E-state index in [0.717, 1.165) is 17.7 Å². The summed E-state index contributed by atoms with van der Waals surface area (Å²) in [6, 6.07) is 10.2. The molecule has 0 fully saturated rings. The summed E-state index contributed by atoms with van der Waals surface area (Å²) in [5.74, 6) is -1.00. The van der Waals surface area contributed by atoms with Crippen molar-refractivity contribution >= 4 is 5.91 Å². The highest BCUT2D eigenvalue weighted by molar-refractivity contribution is 5.76. The third-order valence-corrected chi connectivity index (χ3v) is 4.20. The Kier molecular flexibility index (Phi) is 6.50. The standard InChI is InChI=1S/C20H19F2N3O4/c1-28-14-5-2-12(3-6-14)20-24-19(29-25-20)9-8-18(27)23-11-17(26)13-4-7-15(21)16(22)10-13/h2-7,10,17,26H,8-9,11H2,1H3,(H,23,27). The van der Waals surface area contributed by atoms with Crippen LogP contribution in [0.3, 0.4) is 0 Å². The lowest BCUT2D eigenvalue weighted by Crippen LogP contribution is -2.28. The summed E-state index contributed by atoms with van der Waals surface area (Å²) in [4.78, 5) is 16.2. The maximum absolute atomic E-state index is 13.2. The van der Waals surface area contributed by atoms with Crippen LogP contribution in [0, 0.1) is 11.6 Å². The van der Waals surface area contributed by atoms with Crippen LogP contribution in [-0.2, 0) is 11.2 Å². The first-order valence-electron chi connectivity index (χ1n) is 8.83. The number of amides is 1. The maximum atomic E-state index is 13.2. The van der Waals surface area contributed by atoms with Gasteiger partial charge in [-0.05, 0) is 42.0 Å². The number of benzene rings is 2. The fourth-order valence-electron chi connectivity index (χ4n) is 2.57. The predicted octanol–water partition coefficient (Wildman–Crippen LogP) is 2.81. The minimum Gasteiger partial charge on any atom is -0.497 e. The van der Waals surface area contributed by atoms with Gasteiger partial charge in [0.05, 0.1) is 13.2 Å². The average Bonchev–Trinajstić information content (AvgIpc) is 3.21. The van der Waals surface area contributed by atoms with E-state index in [9.17, 15) is 18.7 Å². The van der Waals surface area contributed by atoms with Crippen molar-refractivity contribution in [1.82, 2.24) is 15.5 Å². The monoisotopic (exact) mass is 403 g/mol. The minimum absolute atomic E-state index is 0.0642. The fraction of sp³-hybridized carbons (Fsp3) is 0.250. The maximum Gasteiger partial charge on any atom is 0.227 e. The SMILES string of the molecule is COc1ccc(-c2noc(CCC(=O)NCC(O)c3ccc(F)c(F)c3)n2)cc1. The molecule has 0 aliphatic carbocycles. The van der Waals surface area contributed by atoms with Gasteiger partial charge in [0.15, 0.2) is 11.6 Å². The second kappa shape index (κ2) is 9.24. The summed E-state index contributed by atoms with van der Waals surface area (Å²) < 4.78 is 36.4. The molecule has 0 bridgehead atoms. The van der Waals surface area contributed by atoms with E-state index < -0.39 is 17.7 Å². The number of nitrogens with one attached hydrogen (secondary N) is 1. The zero-order valence-electron chi connectivity index (χ0n) is 15.6. The van der Waals surface area contributed by atoms with E-state index in [1.54, 1.807) is 31.4 Å². The van der Waals surface area contributed by atoms with Crippen LogP contribution < -0.4 is 10.1 Å². The van der Waals surface area contributed by atoms with E-state index in [2.05, 4.69) is 15.5 Å². The molecule has 0 aliphatic heterocycles. The Bertz CT molecular complexity index is 976. The molecular weight excluding hydrogens is 384 g/mol. The van der Waals surface area contributed by atoms with Crippen LogP contribution in [0.25, 0.3) is 11.4 Å². The number of ether oxygens (including phenoxy) is 1. The summed E-state index contributed by atoms with van der Waals surface area (Å²) in [7, 11) is 1.57. The van der Waals surface area contributed by atoms with Crippen molar-refractivity contribution in [2.24, 2.45) is 0 Å². The number of methoxy groups -OCH3 is 1. The Balaban J connectivity index is 1.48. The lowest BCUT2D eigenvalue weighted by molar-refractivity contribution is -0.121. The number of carbonyl (C=O) groups excluding carboxylic acids is 1. The second-order valence-electron chi connectivity index (χ2n) is 6.23. The Morgan fingerprint density at radius 1 is 1.21 bits per heavy atom. The van der Waals surface area contributed by atoms with E-state index in [1.807, 2.05) is 0 Å². The van der Waals surface area contributed by atoms with Crippen molar-refractivity contribution in [2.75, 3.05) is 13.7 Å². The average molecular weight is 403 g/mol. The molecule has 29 heavy (non-hydrogen) atoms. The molecule has 1 atom stereocenters. The summed E-state index contributed by atoms with van der Waals surface area (Å²) >= 11 is 0. The molecule has 7 nitrogen and oxygen atoms in total. The Labute approximate surface area is 165 Å². The van der Waals surface area contributed by atoms with Crippen molar-refractivity contribution < 1.29 is 27.9 Å². The molecule has 1 heterocycles. The van der Waals surface area contributed by atoms with Crippen LogP contribution in [0.1, 0.15) is 24.0 Å². The van der Waals surface area contributed by atoms with Gasteiger partial charge in [-0.25, -0.2) is 8.78 Å². The number of aryl methyl sites for hydroxylation is 1. The molecule has 152 valence electrons.